The van der Waals surface area contributed by atoms with Gasteiger partial charge in [-0.15, -0.1) is 5.10 Å². The van der Waals surface area contributed by atoms with E-state index in [1.54, 1.807) is 6.07 Å². The molecule has 0 radical (unpaired) electrons. The normalized spacial score (nSPS) is 15.7. The van der Waals surface area contributed by atoms with Crippen molar-refractivity contribution in [1.82, 2.24) is 23.9 Å². The molecule has 0 aliphatic carbocycles. The highest BCUT2D eigenvalue weighted by atomic mass is 32.2. The summed E-state index contributed by atoms with van der Waals surface area (Å²) in [6.07, 6.45) is 1.48. The Morgan fingerprint density at radius 2 is 1.70 bits per heavy atom. The second-order valence-corrected chi connectivity index (χ2v) is 9.74. The van der Waals surface area contributed by atoms with Crippen molar-refractivity contribution in [2.75, 3.05) is 31.1 Å². The summed E-state index contributed by atoms with van der Waals surface area (Å²) in [5.41, 5.74) is 1.33. The van der Waals surface area contributed by atoms with Gasteiger partial charge in [0.25, 0.3) is 5.56 Å². The summed E-state index contributed by atoms with van der Waals surface area (Å²) in [7, 11) is -3.98. The van der Waals surface area contributed by atoms with E-state index in [2.05, 4.69) is 10.2 Å². The average molecular weight is 479 g/mol. The molecule has 33 heavy (non-hydrogen) atoms. The van der Waals surface area contributed by atoms with Crippen LogP contribution in [-0.4, -0.2) is 58.5 Å². The lowest BCUT2D eigenvalue weighted by Crippen LogP contribution is -2.36. The van der Waals surface area contributed by atoms with Crippen molar-refractivity contribution in [3.8, 4) is 5.69 Å². The molecule has 9 nitrogen and oxygen atoms in total. The molecule has 2 aromatic heterocycles. The monoisotopic (exact) mass is 478 g/mol. The minimum atomic E-state index is -3.98. The number of halogens is 2. The summed E-state index contributed by atoms with van der Waals surface area (Å²) < 4.78 is 55.3. The fourth-order valence-corrected chi connectivity index (χ4v) is 5.42. The number of alkyl halides is 2. The van der Waals surface area contributed by atoms with Crippen LogP contribution in [0.15, 0.2) is 52.3 Å². The number of rotatable bonds is 5. The van der Waals surface area contributed by atoms with Crippen molar-refractivity contribution < 1.29 is 17.2 Å². The molecular formula is C21H24F2N6O3S. The molecule has 0 unspecified atom stereocenters. The van der Waals surface area contributed by atoms with Crippen LogP contribution in [0.1, 0.15) is 24.2 Å². The summed E-state index contributed by atoms with van der Waals surface area (Å²) in [4.78, 5) is 14.1. The fraction of sp³-hybridized carbons (Fsp3) is 0.381. The maximum atomic E-state index is 13.1. The Hall–Kier alpha value is -3.12. The Kier molecular flexibility index (Phi) is 6.30. The number of nitrogens with zero attached hydrogens (tertiary/aromatic N) is 6. The molecule has 12 heteroatoms. The van der Waals surface area contributed by atoms with Crippen molar-refractivity contribution in [2.24, 2.45) is 0 Å². The lowest BCUT2D eigenvalue weighted by atomic mass is 10.2. The van der Waals surface area contributed by atoms with Crippen LogP contribution in [0.5, 0.6) is 0 Å². The highest BCUT2D eigenvalue weighted by Gasteiger charge is 2.31. The number of hydrogen-bond acceptors (Lipinski definition) is 6. The average Bonchev–Trinajstić information content (AvgIpc) is 3.01. The Morgan fingerprint density at radius 1 is 0.970 bits per heavy atom. The number of sulfonamides is 1. The van der Waals surface area contributed by atoms with Gasteiger partial charge < -0.3 is 4.90 Å². The van der Waals surface area contributed by atoms with Gasteiger partial charge in [0.1, 0.15) is 10.7 Å². The van der Waals surface area contributed by atoms with Gasteiger partial charge in [-0.25, -0.2) is 13.1 Å². The summed E-state index contributed by atoms with van der Waals surface area (Å²) in [6.45, 7) is 1.59. The molecule has 1 fully saturated rings. The first-order valence-electron chi connectivity index (χ1n) is 10.4. The van der Waals surface area contributed by atoms with E-state index in [1.807, 2.05) is 36.1 Å². The van der Waals surface area contributed by atoms with Crippen LogP contribution in [0.2, 0.25) is 0 Å². The predicted molar refractivity (Wildman–Crippen MR) is 118 cm³/mol. The molecular weight excluding hydrogens is 454 g/mol. The van der Waals surface area contributed by atoms with Gasteiger partial charge in [0.05, 0.1) is 17.6 Å². The largest absolute Gasteiger partial charge is 0.354 e. The molecule has 1 aliphatic rings. The van der Waals surface area contributed by atoms with E-state index in [9.17, 15) is 22.0 Å². The SMILES string of the molecule is Cc1ccc(-n2nc(N3CCCN(S(=O)(=O)c4cnn(C(F)F)c4C)CC3)ccc2=O)cc1. The second kappa shape index (κ2) is 9.02. The van der Waals surface area contributed by atoms with E-state index < -0.39 is 16.6 Å². The van der Waals surface area contributed by atoms with Crippen molar-refractivity contribution in [3.63, 3.8) is 0 Å². The third-order valence-electron chi connectivity index (χ3n) is 5.65. The number of benzene rings is 1. The van der Waals surface area contributed by atoms with Crippen LogP contribution in [-0.2, 0) is 10.0 Å². The van der Waals surface area contributed by atoms with Crippen LogP contribution < -0.4 is 10.5 Å². The molecule has 0 N–H and O–H groups in total. The summed E-state index contributed by atoms with van der Waals surface area (Å²) in [5.74, 6) is 0.552. The Balaban J connectivity index is 1.56. The molecule has 1 saturated heterocycles. The lowest BCUT2D eigenvalue weighted by molar-refractivity contribution is 0.0541. The van der Waals surface area contributed by atoms with Crippen molar-refractivity contribution in [1.29, 1.82) is 0 Å². The third-order valence-corrected chi connectivity index (χ3v) is 7.65. The summed E-state index contributed by atoms with van der Waals surface area (Å²) >= 11 is 0. The van der Waals surface area contributed by atoms with Gasteiger partial charge in [0.15, 0.2) is 0 Å². The standard InChI is InChI=1S/C21H24F2N6O3S/c1-15-4-6-17(7-5-15)29-20(30)9-8-19(25-29)26-10-3-11-27(13-12-26)33(31,32)18-14-24-28(16(18)2)21(22)23/h4-9,14,21H,3,10-13H2,1-2H3. The van der Waals surface area contributed by atoms with Crippen LogP contribution in [0.25, 0.3) is 5.69 Å². The summed E-state index contributed by atoms with van der Waals surface area (Å²) in [5, 5.41) is 8.01. The van der Waals surface area contributed by atoms with Crippen molar-refractivity contribution in [2.45, 2.75) is 31.7 Å². The molecule has 0 saturated carbocycles. The molecule has 0 atom stereocenters. The Bertz CT molecular complexity index is 1300. The molecule has 4 rings (SSSR count). The van der Waals surface area contributed by atoms with Crippen LogP contribution in [0.4, 0.5) is 14.6 Å². The van der Waals surface area contributed by atoms with E-state index in [-0.39, 0.29) is 29.2 Å². The van der Waals surface area contributed by atoms with Crippen molar-refractivity contribution >= 4 is 15.8 Å². The van der Waals surface area contributed by atoms with Gasteiger partial charge in [-0.05, 0) is 38.5 Å². The highest BCUT2D eigenvalue weighted by Crippen LogP contribution is 2.24. The Labute approximate surface area is 189 Å². The van der Waals surface area contributed by atoms with Gasteiger partial charge in [0.2, 0.25) is 10.0 Å². The van der Waals surface area contributed by atoms with Gasteiger partial charge >= 0.3 is 6.55 Å². The topological polar surface area (TPSA) is 93.3 Å². The molecule has 0 bridgehead atoms. The van der Waals surface area contributed by atoms with E-state index >= 15 is 0 Å². The van der Waals surface area contributed by atoms with Gasteiger partial charge in [0, 0.05) is 32.2 Å². The zero-order valence-corrected chi connectivity index (χ0v) is 19.0. The first-order chi connectivity index (χ1) is 15.7. The lowest BCUT2D eigenvalue weighted by Gasteiger charge is -2.23. The maximum absolute atomic E-state index is 13.1. The minimum absolute atomic E-state index is 0.0991. The quantitative estimate of drug-likeness (QED) is 0.559. The third kappa shape index (κ3) is 4.53. The highest BCUT2D eigenvalue weighted by molar-refractivity contribution is 7.89. The van der Waals surface area contributed by atoms with E-state index in [4.69, 9.17) is 0 Å². The van der Waals surface area contributed by atoms with Crippen LogP contribution >= 0.6 is 0 Å². The summed E-state index contributed by atoms with van der Waals surface area (Å²) in [6, 6.07) is 10.5. The molecule has 1 aromatic carbocycles. The number of hydrogen-bond donors (Lipinski definition) is 0. The molecule has 3 aromatic rings. The fourth-order valence-electron chi connectivity index (χ4n) is 3.80. The minimum Gasteiger partial charge on any atom is -0.354 e. The van der Waals surface area contributed by atoms with E-state index in [0.29, 0.717) is 35.7 Å². The smallest absolute Gasteiger partial charge is 0.333 e. The molecule has 0 amide bonds. The predicted octanol–water partition coefficient (Wildman–Crippen LogP) is 2.34. The maximum Gasteiger partial charge on any atom is 0.333 e. The van der Waals surface area contributed by atoms with Gasteiger partial charge in [-0.3, -0.25) is 4.79 Å². The van der Waals surface area contributed by atoms with Gasteiger partial charge in [-0.2, -0.15) is 22.9 Å². The zero-order valence-electron chi connectivity index (χ0n) is 18.2. The molecule has 176 valence electrons. The van der Waals surface area contributed by atoms with E-state index in [0.717, 1.165) is 11.8 Å². The van der Waals surface area contributed by atoms with E-state index in [1.165, 1.54) is 22.0 Å². The zero-order chi connectivity index (χ0) is 23.8. The number of aryl methyl sites for hydroxylation is 1. The van der Waals surface area contributed by atoms with Crippen LogP contribution in [0.3, 0.4) is 0 Å². The number of aromatic nitrogens is 4. The second-order valence-electron chi connectivity index (χ2n) is 7.84. The molecule has 0 spiro atoms. The van der Waals surface area contributed by atoms with Crippen LogP contribution in [0, 0.1) is 13.8 Å². The molecule has 1 aliphatic heterocycles. The first-order valence-corrected chi connectivity index (χ1v) is 11.9. The van der Waals surface area contributed by atoms with Gasteiger partial charge in [-0.1, -0.05) is 17.7 Å². The first kappa shape index (κ1) is 23.1. The van der Waals surface area contributed by atoms with Crippen molar-refractivity contribution in [3.05, 3.63) is 64.2 Å². The number of anilines is 1. The Morgan fingerprint density at radius 3 is 2.36 bits per heavy atom. The molecule has 3 heterocycles.